The second-order valence-electron chi connectivity index (χ2n) is 5.50. The first-order chi connectivity index (χ1) is 11.2. The second kappa shape index (κ2) is 17.4. The van der Waals surface area contributed by atoms with E-state index in [-0.39, 0.29) is 12.5 Å². The van der Waals surface area contributed by atoms with E-state index in [2.05, 4.69) is 25.2 Å². The van der Waals surface area contributed by atoms with Crippen molar-refractivity contribution in [2.75, 3.05) is 11.5 Å². The number of aliphatic carboxylic acids is 1. The van der Waals surface area contributed by atoms with Crippen molar-refractivity contribution in [2.24, 2.45) is 0 Å². The molecule has 0 aliphatic rings. The molecule has 0 saturated heterocycles. The minimum Gasteiger partial charge on any atom is -0.481 e. The average Bonchev–Trinajstić information content (AvgIpc) is 2.51. The van der Waals surface area contributed by atoms with Crippen molar-refractivity contribution in [3.63, 3.8) is 0 Å². The Labute approximate surface area is 145 Å². The molecule has 0 aromatic rings. The third-order valence-corrected chi connectivity index (χ3v) is 4.21. The number of unbranched alkanes of at least 4 members (excludes halogenated alkanes) is 3. The third-order valence-electron chi connectivity index (χ3n) is 3.25. The van der Waals surface area contributed by atoms with Crippen LogP contribution < -0.4 is 0 Å². The predicted molar refractivity (Wildman–Crippen MR) is 101 cm³/mol. The summed E-state index contributed by atoms with van der Waals surface area (Å²) >= 11 is 1.87. The number of thioether (sulfide) groups is 1. The Morgan fingerprint density at radius 2 is 1.91 bits per heavy atom. The van der Waals surface area contributed by atoms with Gasteiger partial charge < -0.3 is 10.2 Å². The van der Waals surface area contributed by atoms with Crippen LogP contribution in [0.3, 0.4) is 0 Å². The lowest BCUT2D eigenvalue weighted by Crippen LogP contribution is -2.00. The maximum atomic E-state index is 10.3. The molecule has 3 nitrogen and oxygen atoms in total. The minimum atomic E-state index is -0.720. The molecule has 0 aliphatic heterocycles. The minimum absolute atomic E-state index is 0.253. The highest BCUT2D eigenvalue weighted by atomic mass is 32.2. The zero-order valence-corrected chi connectivity index (χ0v) is 15.1. The zero-order valence-electron chi connectivity index (χ0n) is 14.3. The summed E-state index contributed by atoms with van der Waals surface area (Å²) < 4.78 is 0. The van der Waals surface area contributed by atoms with Crippen LogP contribution in [0.1, 0.15) is 58.3 Å². The van der Waals surface area contributed by atoms with Gasteiger partial charge in [-0.1, -0.05) is 62.6 Å². The topological polar surface area (TPSA) is 57.5 Å². The van der Waals surface area contributed by atoms with Crippen LogP contribution in [0.5, 0.6) is 0 Å². The highest BCUT2D eigenvalue weighted by Gasteiger charge is 1.96. The molecule has 0 spiro atoms. The molecule has 132 valence electrons. The van der Waals surface area contributed by atoms with Gasteiger partial charge in [0.15, 0.2) is 0 Å². The third kappa shape index (κ3) is 19.0. The normalized spacial score (nSPS) is 13.5. The Kier molecular flexibility index (Phi) is 16.6. The Bertz CT molecular complexity index is 362. The van der Waals surface area contributed by atoms with Gasteiger partial charge in [-0.15, -0.1) is 0 Å². The lowest BCUT2D eigenvalue weighted by Gasteiger charge is -2.03. The molecule has 0 aromatic carbocycles. The number of carboxylic acids is 1. The van der Waals surface area contributed by atoms with E-state index in [1.807, 2.05) is 30.0 Å². The monoisotopic (exact) mass is 340 g/mol. The number of hydrogen-bond donors (Lipinski definition) is 2. The molecule has 0 heterocycles. The summed E-state index contributed by atoms with van der Waals surface area (Å²) in [4.78, 5) is 10.3. The molecule has 0 rings (SSSR count). The number of aliphatic hydroxyl groups is 1. The molecular weight excluding hydrogens is 308 g/mol. The number of carboxylic acid groups (broad SMARTS) is 1. The SMILES string of the molecule is CCCCCC(O)/C=C/C=C\CCSC/C=C\CCCC(=O)O. The molecule has 0 saturated carbocycles. The van der Waals surface area contributed by atoms with Crippen molar-refractivity contribution < 1.29 is 15.0 Å². The molecule has 0 aromatic heterocycles. The Hall–Kier alpha value is -1.00. The summed E-state index contributed by atoms with van der Waals surface area (Å²) in [6.07, 6.45) is 18.9. The second-order valence-corrected chi connectivity index (χ2v) is 6.65. The van der Waals surface area contributed by atoms with Gasteiger partial charge in [-0.3, -0.25) is 4.79 Å². The van der Waals surface area contributed by atoms with Crippen molar-refractivity contribution in [3.8, 4) is 0 Å². The van der Waals surface area contributed by atoms with Gasteiger partial charge in [0.1, 0.15) is 0 Å². The molecule has 0 amide bonds. The van der Waals surface area contributed by atoms with Gasteiger partial charge in [-0.2, -0.15) is 11.8 Å². The van der Waals surface area contributed by atoms with Crippen molar-refractivity contribution in [3.05, 3.63) is 36.5 Å². The predicted octanol–water partition coefficient (Wildman–Crippen LogP) is 4.97. The molecule has 23 heavy (non-hydrogen) atoms. The number of aliphatic hydroxyl groups excluding tert-OH is 1. The van der Waals surface area contributed by atoms with Crippen LogP contribution in [-0.4, -0.2) is 33.8 Å². The van der Waals surface area contributed by atoms with Gasteiger partial charge in [0.05, 0.1) is 6.10 Å². The number of rotatable bonds is 15. The number of allylic oxidation sites excluding steroid dienone is 4. The fraction of sp³-hybridized carbons (Fsp3) is 0.632. The Morgan fingerprint density at radius 1 is 1.09 bits per heavy atom. The van der Waals surface area contributed by atoms with Crippen LogP contribution in [0.25, 0.3) is 0 Å². The van der Waals surface area contributed by atoms with Crippen LogP contribution in [0.2, 0.25) is 0 Å². The maximum absolute atomic E-state index is 10.3. The highest BCUT2D eigenvalue weighted by molar-refractivity contribution is 7.99. The van der Waals surface area contributed by atoms with Gasteiger partial charge in [-0.05, 0) is 31.4 Å². The van der Waals surface area contributed by atoms with Crippen LogP contribution in [0, 0.1) is 0 Å². The van der Waals surface area contributed by atoms with E-state index in [0.717, 1.165) is 43.6 Å². The van der Waals surface area contributed by atoms with Crippen LogP contribution in [-0.2, 0) is 4.79 Å². The standard InChI is InChI=1S/C19H32O3S/c1-2-3-8-13-18(20)14-9-4-6-11-16-23-17-12-7-5-10-15-19(21)22/h4,6-7,9,12,14,18,20H,2-3,5,8,10-11,13,15-17H2,1H3,(H,21,22)/b6-4-,12-7-,14-9+. The molecule has 1 unspecified atom stereocenters. The first-order valence-electron chi connectivity index (χ1n) is 8.62. The summed E-state index contributed by atoms with van der Waals surface area (Å²) in [6.45, 7) is 2.16. The van der Waals surface area contributed by atoms with Crippen molar-refractivity contribution in [1.29, 1.82) is 0 Å². The molecule has 2 N–H and O–H groups in total. The smallest absolute Gasteiger partial charge is 0.303 e. The quantitative estimate of drug-likeness (QED) is 0.251. The molecule has 1 atom stereocenters. The maximum Gasteiger partial charge on any atom is 0.303 e. The van der Waals surface area contributed by atoms with Gasteiger partial charge >= 0.3 is 5.97 Å². The van der Waals surface area contributed by atoms with E-state index in [0.29, 0.717) is 0 Å². The largest absolute Gasteiger partial charge is 0.481 e. The fourth-order valence-electron chi connectivity index (χ4n) is 1.93. The zero-order chi connectivity index (χ0) is 17.2. The first-order valence-corrected chi connectivity index (χ1v) is 9.78. The first kappa shape index (κ1) is 22.0. The van der Waals surface area contributed by atoms with Crippen molar-refractivity contribution in [1.82, 2.24) is 0 Å². The fourth-order valence-corrected chi connectivity index (χ4v) is 2.67. The van der Waals surface area contributed by atoms with Crippen molar-refractivity contribution >= 4 is 17.7 Å². The summed E-state index contributed by atoms with van der Waals surface area (Å²) in [6, 6.07) is 0. The number of carbonyl (C=O) groups is 1. The van der Waals surface area contributed by atoms with E-state index in [1.165, 1.54) is 12.8 Å². The van der Waals surface area contributed by atoms with Crippen molar-refractivity contribution in [2.45, 2.75) is 64.4 Å². The lowest BCUT2D eigenvalue weighted by molar-refractivity contribution is -0.137. The molecule has 0 aliphatic carbocycles. The molecule has 0 fully saturated rings. The van der Waals surface area contributed by atoms with Gasteiger partial charge in [0.25, 0.3) is 0 Å². The van der Waals surface area contributed by atoms with E-state index >= 15 is 0 Å². The van der Waals surface area contributed by atoms with E-state index in [9.17, 15) is 9.90 Å². The molecule has 0 radical (unpaired) electrons. The van der Waals surface area contributed by atoms with E-state index in [1.54, 1.807) is 0 Å². The summed E-state index contributed by atoms with van der Waals surface area (Å²) in [5.74, 6) is 1.33. The van der Waals surface area contributed by atoms with Crippen LogP contribution in [0.15, 0.2) is 36.5 Å². The van der Waals surface area contributed by atoms with Crippen LogP contribution >= 0.6 is 11.8 Å². The molecule has 0 bridgehead atoms. The van der Waals surface area contributed by atoms with E-state index in [4.69, 9.17) is 5.11 Å². The van der Waals surface area contributed by atoms with E-state index < -0.39 is 5.97 Å². The van der Waals surface area contributed by atoms with Crippen LogP contribution in [0.4, 0.5) is 0 Å². The lowest BCUT2D eigenvalue weighted by atomic mass is 10.1. The molecule has 4 heteroatoms. The Morgan fingerprint density at radius 3 is 2.65 bits per heavy atom. The molecular formula is C19H32O3S. The van der Waals surface area contributed by atoms with Gasteiger partial charge in [-0.25, -0.2) is 0 Å². The summed E-state index contributed by atoms with van der Waals surface area (Å²) in [5, 5.41) is 18.2. The van der Waals surface area contributed by atoms with Gasteiger partial charge in [0, 0.05) is 12.2 Å². The summed E-state index contributed by atoms with van der Waals surface area (Å²) in [7, 11) is 0. The average molecular weight is 341 g/mol. The Balaban J connectivity index is 3.43. The van der Waals surface area contributed by atoms with Gasteiger partial charge in [0.2, 0.25) is 0 Å². The highest BCUT2D eigenvalue weighted by Crippen LogP contribution is 2.06. The summed E-state index contributed by atoms with van der Waals surface area (Å²) in [5.41, 5.74) is 0. The number of hydrogen-bond acceptors (Lipinski definition) is 3.